The van der Waals surface area contributed by atoms with Gasteiger partial charge in [-0.2, -0.15) is 0 Å². The van der Waals surface area contributed by atoms with Gasteiger partial charge >= 0.3 is 0 Å². The van der Waals surface area contributed by atoms with Crippen molar-refractivity contribution >= 4 is 23.0 Å². The van der Waals surface area contributed by atoms with Gasteiger partial charge in [-0.15, -0.1) is 0 Å². The largest absolute Gasteiger partial charge is 0.314 e. The van der Waals surface area contributed by atoms with Crippen LogP contribution in [-0.2, 0) is 3.07 Å². The molecule has 0 aliphatic carbocycles. The standard InChI is InChI=1S/C5H12INO/c1-2-3-7-4-5-8-6/h7H,2-5H2,1H3. The van der Waals surface area contributed by atoms with Crippen molar-refractivity contribution < 1.29 is 3.07 Å². The smallest absolute Gasteiger partial charge is 0.109 e. The van der Waals surface area contributed by atoms with E-state index in [1.54, 1.807) is 0 Å². The molecule has 50 valence electrons. The van der Waals surface area contributed by atoms with E-state index in [0.717, 1.165) is 19.7 Å². The van der Waals surface area contributed by atoms with Gasteiger partial charge in [0.1, 0.15) is 23.0 Å². The minimum Gasteiger partial charge on any atom is -0.314 e. The summed E-state index contributed by atoms with van der Waals surface area (Å²) in [7, 11) is 0. The topological polar surface area (TPSA) is 21.3 Å². The zero-order valence-corrected chi connectivity index (χ0v) is 7.27. The average molecular weight is 229 g/mol. The maximum Gasteiger partial charge on any atom is 0.109 e. The van der Waals surface area contributed by atoms with Crippen LogP contribution in [0.15, 0.2) is 0 Å². The molecule has 0 rings (SSSR count). The molecule has 0 saturated carbocycles. The van der Waals surface area contributed by atoms with Crippen LogP contribution in [0, 0.1) is 0 Å². The highest BCUT2D eigenvalue weighted by molar-refractivity contribution is 14.1. The van der Waals surface area contributed by atoms with Crippen LogP contribution in [0.4, 0.5) is 0 Å². The lowest BCUT2D eigenvalue weighted by Crippen LogP contribution is -2.18. The number of hydrogen-bond acceptors (Lipinski definition) is 2. The van der Waals surface area contributed by atoms with E-state index in [9.17, 15) is 0 Å². The van der Waals surface area contributed by atoms with Gasteiger partial charge < -0.3 is 8.38 Å². The molecule has 0 aliphatic rings. The van der Waals surface area contributed by atoms with Crippen molar-refractivity contribution in [3.05, 3.63) is 0 Å². The van der Waals surface area contributed by atoms with Crippen molar-refractivity contribution in [2.24, 2.45) is 0 Å². The summed E-state index contributed by atoms with van der Waals surface area (Å²) in [6, 6.07) is 0. The van der Waals surface area contributed by atoms with Crippen molar-refractivity contribution in [3.63, 3.8) is 0 Å². The van der Waals surface area contributed by atoms with Crippen molar-refractivity contribution in [1.82, 2.24) is 5.32 Å². The number of nitrogens with one attached hydrogen (secondary N) is 1. The van der Waals surface area contributed by atoms with E-state index in [2.05, 4.69) is 12.2 Å². The van der Waals surface area contributed by atoms with Crippen LogP contribution in [0.1, 0.15) is 13.3 Å². The lowest BCUT2D eigenvalue weighted by molar-refractivity contribution is 0.413. The van der Waals surface area contributed by atoms with Crippen LogP contribution >= 0.6 is 23.0 Å². The fraction of sp³-hybridized carbons (Fsp3) is 1.00. The van der Waals surface area contributed by atoms with Gasteiger partial charge in [0.15, 0.2) is 0 Å². The first kappa shape index (κ1) is 8.65. The molecule has 0 spiro atoms. The SMILES string of the molecule is CCCNCCOI. The molecule has 0 amide bonds. The van der Waals surface area contributed by atoms with Gasteiger partial charge in [0, 0.05) is 6.54 Å². The van der Waals surface area contributed by atoms with Crippen LogP contribution in [0.5, 0.6) is 0 Å². The maximum absolute atomic E-state index is 4.80. The molecule has 2 nitrogen and oxygen atoms in total. The minimum absolute atomic E-state index is 0.806. The van der Waals surface area contributed by atoms with Gasteiger partial charge in [0.05, 0.1) is 6.61 Å². The van der Waals surface area contributed by atoms with E-state index >= 15 is 0 Å². The van der Waals surface area contributed by atoms with E-state index in [1.807, 2.05) is 23.0 Å². The second-order valence-corrected chi connectivity index (χ2v) is 2.19. The quantitative estimate of drug-likeness (QED) is 0.567. The summed E-state index contributed by atoms with van der Waals surface area (Å²) in [4.78, 5) is 0. The van der Waals surface area contributed by atoms with Crippen molar-refractivity contribution in [2.45, 2.75) is 13.3 Å². The summed E-state index contributed by atoms with van der Waals surface area (Å²) in [5.41, 5.74) is 0. The highest BCUT2D eigenvalue weighted by Gasteiger charge is 1.81. The van der Waals surface area contributed by atoms with Gasteiger partial charge in [-0.1, -0.05) is 6.92 Å². The molecule has 0 unspecified atom stereocenters. The van der Waals surface area contributed by atoms with Crippen LogP contribution in [0.25, 0.3) is 0 Å². The molecular weight excluding hydrogens is 217 g/mol. The van der Waals surface area contributed by atoms with Crippen LogP contribution in [0.3, 0.4) is 0 Å². The Balaban J connectivity index is 2.53. The molecule has 0 aromatic heterocycles. The number of hydrogen-bond donors (Lipinski definition) is 1. The van der Waals surface area contributed by atoms with Crippen LogP contribution in [-0.4, -0.2) is 19.7 Å². The first-order valence-corrected chi connectivity index (χ1v) is 3.74. The third-order valence-electron chi connectivity index (χ3n) is 0.783. The highest BCUT2D eigenvalue weighted by atomic mass is 127. The molecule has 1 N–H and O–H groups in total. The molecule has 0 saturated heterocycles. The van der Waals surface area contributed by atoms with Crippen LogP contribution in [0.2, 0.25) is 0 Å². The second-order valence-electron chi connectivity index (χ2n) is 1.56. The predicted octanol–water partition coefficient (Wildman–Crippen LogP) is 1.35. The number of rotatable bonds is 5. The van der Waals surface area contributed by atoms with E-state index in [-0.39, 0.29) is 0 Å². The molecule has 3 heteroatoms. The third-order valence-corrected chi connectivity index (χ3v) is 1.22. The van der Waals surface area contributed by atoms with Gasteiger partial charge in [-0.3, -0.25) is 0 Å². The van der Waals surface area contributed by atoms with Crippen LogP contribution < -0.4 is 5.32 Å². The summed E-state index contributed by atoms with van der Waals surface area (Å²) in [6.45, 7) is 5.02. The second kappa shape index (κ2) is 7.65. The van der Waals surface area contributed by atoms with E-state index in [4.69, 9.17) is 3.07 Å². The molecular formula is C5H12INO. The lowest BCUT2D eigenvalue weighted by Gasteiger charge is -1.97. The molecule has 0 heterocycles. The summed E-state index contributed by atoms with van der Waals surface area (Å²) in [5.74, 6) is 0. The van der Waals surface area contributed by atoms with Crippen molar-refractivity contribution in [3.8, 4) is 0 Å². The van der Waals surface area contributed by atoms with Gasteiger partial charge in [0.25, 0.3) is 0 Å². The predicted molar refractivity (Wildman–Crippen MR) is 43.1 cm³/mol. The van der Waals surface area contributed by atoms with E-state index in [1.165, 1.54) is 6.42 Å². The van der Waals surface area contributed by atoms with Crippen molar-refractivity contribution in [1.29, 1.82) is 0 Å². The van der Waals surface area contributed by atoms with Crippen molar-refractivity contribution in [2.75, 3.05) is 19.7 Å². The first-order chi connectivity index (χ1) is 3.91. The Kier molecular flexibility index (Phi) is 8.27. The molecule has 0 aromatic rings. The molecule has 0 fully saturated rings. The monoisotopic (exact) mass is 229 g/mol. The molecule has 8 heavy (non-hydrogen) atoms. The summed E-state index contributed by atoms with van der Waals surface area (Å²) >= 11 is 1.90. The summed E-state index contributed by atoms with van der Waals surface area (Å²) in [6.07, 6.45) is 1.20. The van der Waals surface area contributed by atoms with E-state index in [0.29, 0.717) is 0 Å². The minimum atomic E-state index is 0.806. The maximum atomic E-state index is 4.80. The Bertz CT molecular complexity index is 37.4. The zero-order valence-electron chi connectivity index (χ0n) is 5.11. The normalized spacial score (nSPS) is 9.75. The fourth-order valence-corrected chi connectivity index (χ4v) is 0.633. The highest BCUT2D eigenvalue weighted by Crippen LogP contribution is 1.81. The molecule has 0 bridgehead atoms. The Morgan fingerprint density at radius 2 is 2.25 bits per heavy atom. The molecule has 0 atom stereocenters. The molecule has 0 aromatic carbocycles. The first-order valence-electron chi connectivity index (χ1n) is 2.86. The lowest BCUT2D eigenvalue weighted by atomic mass is 10.5. The third kappa shape index (κ3) is 6.65. The summed E-state index contributed by atoms with van der Waals surface area (Å²) in [5, 5.41) is 3.21. The number of halogens is 1. The average Bonchev–Trinajstić information content (AvgIpc) is 1.81. The zero-order chi connectivity index (χ0) is 6.24. The Morgan fingerprint density at radius 1 is 1.50 bits per heavy atom. The van der Waals surface area contributed by atoms with Gasteiger partial charge in [-0.05, 0) is 13.0 Å². The Hall–Kier alpha value is 0.650. The molecule has 0 aliphatic heterocycles. The van der Waals surface area contributed by atoms with Gasteiger partial charge in [-0.25, -0.2) is 0 Å². The Morgan fingerprint density at radius 3 is 2.75 bits per heavy atom. The Labute approximate surface area is 64.7 Å². The molecule has 0 radical (unpaired) electrons. The summed E-state index contributed by atoms with van der Waals surface area (Å²) < 4.78 is 4.80. The van der Waals surface area contributed by atoms with E-state index < -0.39 is 0 Å². The fourth-order valence-electron chi connectivity index (χ4n) is 0.413. The van der Waals surface area contributed by atoms with Gasteiger partial charge in [0.2, 0.25) is 0 Å².